The molecule has 0 aromatic carbocycles. The van der Waals surface area contributed by atoms with Crippen LogP contribution in [-0.2, 0) is 0 Å². The minimum absolute atomic E-state index is 0.314. The number of hydrogen-bond donors (Lipinski definition) is 0. The molecule has 1 aromatic rings. The van der Waals surface area contributed by atoms with Gasteiger partial charge in [0.05, 0.1) is 0 Å². The van der Waals surface area contributed by atoms with Crippen molar-refractivity contribution >= 4 is 22.6 Å². The van der Waals surface area contributed by atoms with Crippen molar-refractivity contribution in [3.05, 3.63) is 27.6 Å². The molecule has 1 nitrogen and oxygen atoms in total. The molecule has 0 aliphatic carbocycles. The summed E-state index contributed by atoms with van der Waals surface area (Å²) in [7, 11) is 0. The van der Waals surface area contributed by atoms with Crippen LogP contribution in [0.2, 0.25) is 0 Å². The van der Waals surface area contributed by atoms with E-state index in [1.807, 2.05) is 6.20 Å². The maximum absolute atomic E-state index is 4.30. The lowest BCUT2D eigenvalue weighted by Gasteiger charge is -2.27. The predicted molar refractivity (Wildman–Crippen MR) is 64.8 cm³/mol. The normalized spacial score (nSPS) is 14.2. The van der Waals surface area contributed by atoms with E-state index in [2.05, 4.69) is 67.4 Å². The molecule has 1 heterocycles. The van der Waals surface area contributed by atoms with Gasteiger partial charge in [-0.05, 0) is 45.6 Å². The number of hydrogen-bond acceptors (Lipinski definition) is 1. The number of halogens is 1. The van der Waals surface area contributed by atoms with E-state index in [4.69, 9.17) is 0 Å². The molecule has 1 aromatic heterocycles. The summed E-state index contributed by atoms with van der Waals surface area (Å²) in [6.07, 6.45) is 1.98. The van der Waals surface area contributed by atoms with Gasteiger partial charge in [0, 0.05) is 6.20 Å². The maximum atomic E-state index is 4.30. The second kappa shape index (κ2) is 3.95. The average molecular weight is 289 g/mol. The molecule has 0 saturated heterocycles. The first-order chi connectivity index (χ1) is 5.91. The van der Waals surface area contributed by atoms with Crippen LogP contribution < -0.4 is 0 Å². The van der Waals surface area contributed by atoms with E-state index in [0.29, 0.717) is 11.3 Å². The zero-order valence-electron chi connectivity index (χ0n) is 8.63. The van der Waals surface area contributed by atoms with Gasteiger partial charge in [0.25, 0.3) is 0 Å². The number of rotatable bonds is 1. The molecule has 2 heteroatoms. The van der Waals surface area contributed by atoms with Crippen molar-refractivity contribution in [3.63, 3.8) is 0 Å². The molecule has 0 saturated carbocycles. The van der Waals surface area contributed by atoms with E-state index in [1.165, 1.54) is 5.56 Å². The van der Waals surface area contributed by atoms with E-state index in [-0.39, 0.29) is 0 Å². The molecule has 0 aliphatic heterocycles. The first-order valence-corrected chi connectivity index (χ1v) is 5.60. The van der Waals surface area contributed by atoms with Crippen LogP contribution in [0.5, 0.6) is 0 Å². The van der Waals surface area contributed by atoms with Crippen LogP contribution in [0.3, 0.4) is 0 Å². The molecule has 1 atom stereocenters. The van der Waals surface area contributed by atoms with Crippen molar-refractivity contribution < 1.29 is 0 Å². The van der Waals surface area contributed by atoms with Gasteiger partial charge in [-0.2, -0.15) is 0 Å². The number of pyridine rings is 1. The number of nitrogens with zero attached hydrogens (tertiary/aromatic N) is 1. The van der Waals surface area contributed by atoms with E-state index < -0.39 is 0 Å². The Morgan fingerprint density at radius 3 is 2.31 bits per heavy atom. The number of aromatic nitrogens is 1. The van der Waals surface area contributed by atoms with Crippen molar-refractivity contribution in [1.29, 1.82) is 0 Å². The van der Waals surface area contributed by atoms with Gasteiger partial charge < -0.3 is 0 Å². The second-order valence-electron chi connectivity index (χ2n) is 4.50. The summed E-state index contributed by atoms with van der Waals surface area (Å²) in [6, 6.07) is 4.24. The van der Waals surface area contributed by atoms with Gasteiger partial charge in [0.15, 0.2) is 0 Å². The fourth-order valence-corrected chi connectivity index (χ4v) is 1.46. The van der Waals surface area contributed by atoms with E-state index in [1.54, 1.807) is 0 Å². The van der Waals surface area contributed by atoms with Gasteiger partial charge in [-0.3, -0.25) is 4.98 Å². The lowest BCUT2D eigenvalue weighted by molar-refractivity contribution is 0.339. The van der Waals surface area contributed by atoms with Crippen molar-refractivity contribution in [2.24, 2.45) is 5.41 Å². The fraction of sp³-hybridized carbons (Fsp3) is 0.545. The highest BCUT2D eigenvalue weighted by molar-refractivity contribution is 14.1. The topological polar surface area (TPSA) is 12.9 Å². The Hall–Kier alpha value is -0.120. The molecular formula is C11H16IN. The molecule has 0 fully saturated rings. The van der Waals surface area contributed by atoms with Gasteiger partial charge in [-0.1, -0.05) is 33.8 Å². The monoisotopic (exact) mass is 289 g/mol. The van der Waals surface area contributed by atoms with Crippen LogP contribution in [-0.4, -0.2) is 4.98 Å². The highest BCUT2D eigenvalue weighted by Gasteiger charge is 2.21. The summed E-state index contributed by atoms with van der Waals surface area (Å²) in [5.74, 6) is 0.553. The zero-order valence-corrected chi connectivity index (χ0v) is 10.8. The fourth-order valence-electron chi connectivity index (χ4n) is 1.14. The highest BCUT2D eigenvalue weighted by atomic mass is 127. The van der Waals surface area contributed by atoms with Crippen LogP contribution in [0.25, 0.3) is 0 Å². The minimum atomic E-state index is 0.314. The van der Waals surface area contributed by atoms with Crippen LogP contribution >= 0.6 is 22.6 Å². The Morgan fingerprint density at radius 2 is 1.92 bits per heavy atom. The van der Waals surface area contributed by atoms with Crippen molar-refractivity contribution in [2.75, 3.05) is 0 Å². The third kappa shape index (κ3) is 2.93. The zero-order chi connectivity index (χ0) is 10.1. The van der Waals surface area contributed by atoms with Crippen LogP contribution in [0.4, 0.5) is 0 Å². The van der Waals surface area contributed by atoms with E-state index in [9.17, 15) is 0 Å². The molecule has 0 radical (unpaired) electrons. The minimum Gasteiger partial charge on any atom is -0.250 e. The third-order valence-electron chi connectivity index (χ3n) is 2.55. The summed E-state index contributed by atoms with van der Waals surface area (Å²) >= 11 is 2.23. The van der Waals surface area contributed by atoms with Gasteiger partial charge in [0.1, 0.15) is 3.70 Å². The van der Waals surface area contributed by atoms with Gasteiger partial charge in [-0.25, -0.2) is 0 Å². The third-order valence-corrected chi connectivity index (χ3v) is 3.19. The molecular weight excluding hydrogens is 273 g/mol. The summed E-state index contributed by atoms with van der Waals surface area (Å²) in [5.41, 5.74) is 1.64. The maximum Gasteiger partial charge on any atom is 0.101 e. The Bertz CT molecular complexity index is 271. The van der Waals surface area contributed by atoms with Crippen molar-refractivity contribution in [1.82, 2.24) is 4.98 Å². The quantitative estimate of drug-likeness (QED) is 0.565. The summed E-state index contributed by atoms with van der Waals surface area (Å²) < 4.78 is 1.06. The molecule has 72 valence electrons. The SMILES string of the molecule is CC(c1ccc(I)nc1)C(C)(C)C. The molecule has 0 aliphatic rings. The highest BCUT2D eigenvalue weighted by Crippen LogP contribution is 2.33. The van der Waals surface area contributed by atoms with Gasteiger partial charge in [0.2, 0.25) is 0 Å². The first kappa shape index (κ1) is 11.0. The van der Waals surface area contributed by atoms with Gasteiger partial charge in [-0.15, -0.1) is 0 Å². The summed E-state index contributed by atoms with van der Waals surface area (Å²) in [5, 5.41) is 0. The van der Waals surface area contributed by atoms with Crippen molar-refractivity contribution in [2.45, 2.75) is 33.6 Å². The molecule has 0 spiro atoms. The molecule has 13 heavy (non-hydrogen) atoms. The Balaban J connectivity index is 2.90. The van der Waals surface area contributed by atoms with Crippen LogP contribution in [0, 0.1) is 9.12 Å². The Morgan fingerprint density at radius 1 is 1.31 bits per heavy atom. The largest absolute Gasteiger partial charge is 0.250 e. The van der Waals surface area contributed by atoms with E-state index in [0.717, 1.165) is 3.70 Å². The predicted octanol–water partition coefficient (Wildman–Crippen LogP) is 3.84. The molecule has 1 unspecified atom stereocenters. The summed E-state index contributed by atoms with van der Waals surface area (Å²) in [6.45, 7) is 9.03. The lowest BCUT2D eigenvalue weighted by Crippen LogP contribution is -2.15. The summed E-state index contributed by atoms with van der Waals surface area (Å²) in [4.78, 5) is 4.30. The van der Waals surface area contributed by atoms with Crippen LogP contribution in [0.1, 0.15) is 39.2 Å². The Kier molecular flexibility index (Phi) is 3.33. The molecule has 0 bridgehead atoms. The first-order valence-electron chi connectivity index (χ1n) is 4.52. The molecule has 1 rings (SSSR count). The second-order valence-corrected chi connectivity index (χ2v) is 5.61. The molecule has 0 amide bonds. The smallest absolute Gasteiger partial charge is 0.101 e. The standard InChI is InChI=1S/C11H16IN/c1-8(11(2,3)4)9-5-6-10(12)13-7-9/h5-8H,1-4H3. The van der Waals surface area contributed by atoms with Crippen LogP contribution in [0.15, 0.2) is 18.3 Å². The Labute approximate surface area is 94.1 Å². The van der Waals surface area contributed by atoms with E-state index >= 15 is 0 Å². The lowest BCUT2D eigenvalue weighted by atomic mass is 9.78. The van der Waals surface area contributed by atoms with Gasteiger partial charge >= 0.3 is 0 Å². The average Bonchev–Trinajstić information content (AvgIpc) is 2.03. The molecule has 0 N–H and O–H groups in total. The van der Waals surface area contributed by atoms with Crippen molar-refractivity contribution in [3.8, 4) is 0 Å².